The first-order chi connectivity index (χ1) is 8.00. The molecule has 1 N–H and O–H groups in total. The van der Waals surface area contributed by atoms with Gasteiger partial charge in [-0.05, 0) is 47.7 Å². The molecule has 0 spiro atoms. The van der Waals surface area contributed by atoms with Gasteiger partial charge in [0.25, 0.3) is 0 Å². The quantitative estimate of drug-likeness (QED) is 0.771. The van der Waals surface area contributed by atoms with Crippen LogP contribution < -0.4 is 5.32 Å². The van der Waals surface area contributed by atoms with Gasteiger partial charge in [-0.2, -0.15) is 13.2 Å². The lowest BCUT2D eigenvalue weighted by atomic mass is 9.87. The zero-order valence-electron chi connectivity index (χ0n) is 11.7. The van der Waals surface area contributed by atoms with Gasteiger partial charge in [0.15, 0.2) is 0 Å². The van der Waals surface area contributed by atoms with Crippen molar-refractivity contribution < 1.29 is 13.2 Å². The molecule has 0 aromatic heterocycles. The van der Waals surface area contributed by atoms with Crippen LogP contribution >= 0.6 is 0 Å². The molecule has 0 aromatic carbocycles. The normalized spacial score (nSPS) is 26.4. The van der Waals surface area contributed by atoms with Gasteiger partial charge in [-0.25, -0.2) is 0 Å². The number of nitrogens with zero attached hydrogens (tertiary/aromatic N) is 1. The monoisotopic (exact) mass is 264 g/mol. The van der Waals surface area contributed by atoms with E-state index in [1.807, 2.05) is 39.8 Å². The summed E-state index contributed by atoms with van der Waals surface area (Å²) in [6.45, 7) is 5.93. The summed E-state index contributed by atoms with van der Waals surface area (Å²) >= 11 is 0. The number of hydrogen-bond acceptors (Lipinski definition) is 2. The SMILES string of the molecule is CN(C)[C@@H]1CC=C(C(F)(F)F)C[C@H]1NC(C)(C)C. The summed E-state index contributed by atoms with van der Waals surface area (Å²) in [5, 5.41) is 3.31. The fraction of sp³-hybridized carbons (Fsp3) is 0.846. The van der Waals surface area contributed by atoms with E-state index >= 15 is 0 Å². The average molecular weight is 264 g/mol. The Morgan fingerprint density at radius 2 is 1.78 bits per heavy atom. The molecule has 18 heavy (non-hydrogen) atoms. The van der Waals surface area contributed by atoms with Crippen LogP contribution in [-0.2, 0) is 0 Å². The van der Waals surface area contributed by atoms with Crippen molar-refractivity contribution in [2.75, 3.05) is 14.1 Å². The van der Waals surface area contributed by atoms with E-state index in [1.54, 1.807) is 0 Å². The number of halogens is 3. The van der Waals surface area contributed by atoms with Crippen molar-refractivity contribution in [3.8, 4) is 0 Å². The number of alkyl halides is 3. The van der Waals surface area contributed by atoms with Gasteiger partial charge in [-0.1, -0.05) is 6.08 Å². The van der Waals surface area contributed by atoms with Gasteiger partial charge in [-0.3, -0.25) is 0 Å². The number of rotatable bonds is 2. The fourth-order valence-electron chi connectivity index (χ4n) is 2.39. The average Bonchev–Trinajstić information content (AvgIpc) is 2.12. The lowest BCUT2D eigenvalue weighted by Crippen LogP contribution is -2.55. The lowest BCUT2D eigenvalue weighted by Gasteiger charge is -2.40. The Labute approximate surface area is 107 Å². The third-order valence-electron chi connectivity index (χ3n) is 3.16. The number of nitrogens with one attached hydrogen (secondary N) is 1. The molecular formula is C13H23F3N2. The fourth-order valence-corrected chi connectivity index (χ4v) is 2.39. The van der Waals surface area contributed by atoms with E-state index < -0.39 is 11.7 Å². The minimum absolute atomic E-state index is 0.0453. The molecule has 0 saturated carbocycles. The van der Waals surface area contributed by atoms with Gasteiger partial charge in [-0.15, -0.1) is 0 Å². The molecule has 0 unspecified atom stereocenters. The number of likely N-dealkylation sites (N-methyl/N-ethyl adjacent to an activating group) is 1. The Kier molecular flexibility index (Phi) is 4.49. The van der Waals surface area contributed by atoms with Crippen molar-refractivity contribution in [3.63, 3.8) is 0 Å². The molecule has 1 aliphatic rings. The molecule has 0 bridgehead atoms. The van der Waals surface area contributed by atoms with Crippen LogP contribution in [0.1, 0.15) is 33.6 Å². The van der Waals surface area contributed by atoms with E-state index in [2.05, 4.69) is 5.32 Å². The smallest absolute Gasteiger partial charge is 0.307 e. The van der Waals surface area contributed by atoms with Gasteiger partial charge in [0.1, 0.15) is 0 Å². The molecule has 2 nitrogen and oxygen atoms in total. The summed E-state index contributed by atoms with van der Waals surface area (Å²) in [4.78, 5) is 1.99. The van der Waals surface area contributed by atoms with Crippen LogP contribution in [0, 0.1) is 0 Å². The van der Waals surface area contributed by atoms with Crippen molar-refractivity contribution >= 4 is 0 Å². The van der Waals surface area contributed by atoms with Gasteiger partial charge in [0.2, 0.25) is 0 Å². The van der Waals surface area contributed by atoms with Crippen molar-refractivity contribution in [3.05, 3.63) is 11.6 Å². The third-order valence-corrected chi connectivity index (χ3v) is 3.16. The molecule has 0 saturated heterocycles. The van der Waals surface area contributed by atoms with Crippen LogP contribution in [-0.4, -0.2) is 42.8 Å². The van der Waals surface area contributed by atoms with E-state index in [-0.39, 0.29) is 24.0 Å². The molecule has 0 heterocycles. The van der Waals surface area contributed by atoms with Crippen molar-refractivity contribution in [2.24, 2.45) is 0 Å². The Bertz CT molecular complexity index is 313. The molecule has 106 valence electrons. The number of hydrogen-bond donors (Lipinski definition) is 1. The first-order valence-electron chi connectivity index (χ1n) is 6.21. The van der Waals surface area contributed by atoms with Crippen LogP contribution in [0.15, 0.2) is 11.6 Å². The molecule has 0 aliphatic heterocycles. The van der Waals surface area contributed by atoms with Crippen molar-refractivity contribution in [2.45, 2.75) is 57.4 Å². The molecule has 2 atom stereocenters. The van der Waals surface area contributed by atoms with Crippen LogP contribution in [0.5, 0.6) is 0 Å². The molecule has 1 rings (SSSR count). The first kappa shape index (κ1) is 15.5. The second kappa shape index (κ2) is 5.21. The second-order valence-corrected chi connectivity index (χ2v) is 6.20. The Morgan fingerprint density at radius 1 is 1.22 bits per heavy atom. The maximum atomic E-state index is 12.8. The molecule has 5 heteroatoms. The van der Waals surface area contributed by atoms with Crippen LogP contribution in [0.3, 0.4) is 0 Å². The minimum atomic E-state index is -4.20. The van der Waals surface area contributed by atoms with Crippen LogP contribution in [0.2, 0.25) is 0 Å². The summed E-state index contributed by atoms with van der Waals surface area (Å²) in [7, 11) is 3.82. The van der Waals surface area contributed by atoms with Crippen LogP contribution in [0.4, 0.5) is 13.2 Å². The second-order valence-electron chi connectivity index (χ2n) is 6.20. The Hall–Kier alpha value is -0.550. The maximum Gasteiger partial charge on any atom is 0.412 e. The highest BCUT2D eigenvalue weighted by atomic mass is 19.4. The largest absolute Gasteiger partial charge is 0.412 e. The molecule has 0 aromatic rings. The van der Waals surface area contributed by atoms with Gasteiger partial charge in [0.05, 0.1) is 0 Å². The lowest BCUT2D eigenvalue weighted by molar-refractivity contribution is -0.0971. The van der Waals surface area contributed by atoms with Gasteiger partial charge in [0, 0.05) is 23.2 Å². The molecule has 0 radical (unpaired) electrons. The molecule has 0 fully saturated rings. The Morgan fingerprint density at radius 3 is 2.17 bits per heavy atom. The van der Waals surface area contributed by atoms with Crippen molar-refractivity contribution in [1.29, 1.82) is 0 Å². The standard InChI is InChI=1S/C13H23F3N2/c1-12(2,3)17-10-8-9(13(14,15)16)6-7-11(10)18(4)5/h6,10-11,17H,7-8H2,1-5H3/t10-,11-/m1/s1. The predicted molar refractivity (Wildman–Crippen MR) is 67.5 cm³/mol. The van der Waals surface area contributed by atoms with E-state index in [0.717, 1.165) is 0 Å². The van der Waals surface area contributed by atoms with E-state index in [9.17, 15) is 13.2 Å². The minimum Gasteiger partial charge on any atom is -0.307 e. The zero-order valence-corrected chi connectivity index (χ0v) is 11.7. The topological polar surface area (TPSA) is 15.3 Å². The summed E-state index contributed by atoms with van der Waals surface area (Å²) in [5.41, 5.74) is -0.588. The van der Waals surface area contributed by atoms with Gasteiger partial charge >= 0.3 is 6.18 Å². The van der Waals surface area contributed by atoms with Crippen molar-refractivity contribution in [1.82, 2.24) is 10.2 Å². The highest BCUT2D eigenvalue weighted by Crippen LogP contribution is 2.34. The summed E-state index contributed by atoms with van der Waals surface area (Å²) in [6, 6.07) is -0.0584. The maximum absolute atomic E-state index is 12.8. The van der Waals surface area contributed by atoms with E-state index in [4.69, 9.17) is 0 Å². The molecule has 1 aliphatic carbocycles. The Balaban J connectivity index is 2.87. The summed E-state index contributed by atoms with van der Waals surface area (Å²) in [6.07, 6.45) is -2.38. The highest BCUT2D eigenvalue weighted by molar-refractivity contribution is 5.17. The molecule has 0 amide bonds. The highest BCUT2D eigenvalue weighted by Gasteiger charge is 2.40. The summed E-state index contributed by atoms with van der Waals surface area (Å²) < 4.78 is 38.3. The van der Waals surface area contributed by atoms with E-state index in [0.29, 0.717) is 6.42 Å². The first-order valence-corrected chi connectivity index (χ1v) is 6.21. The predicted octanol–water partition coefficient (Wildman–Crippen LogP) is 2.96. The summed E-state index contributed by atoms with van der Waals surface area (Å²) in [5.74, 6) is 0. The van der Waals surface area contributed by atoms with E-state index in [1.165, 1.54) is 6.08 Å². The van der Waals surface area contributed by atoms with Gasteiger partial charge < -0.3 is 10.2 Å². The zero-order chi connectivity index (χ0) is 14.1. The molecular weight excluding hydrogens is 241 g/mol. The third kappa shape index (κ3) is 4.28. The van der Waals surface area contributed by atoms with Crippen LogP contribution in [0.25, 0.3) is 0 Å².